The predicted molar refractivity (Wildman–Crippen MR) is 90.8 cm³/mol. The van der Waals surface area contributed by atoms with Crippen LogP contribution in [0.15, 0.2) is 37.1 Å². The van der Waals surface area contributed by atoms with Gasteiger partial charge >= 0.3 is 0 Å². The molecule has 0 aromatic carbocycles. The van der Waals surface area contributed by atoms with Gasteiger partial charge in [-0.25, -0.2) is 28.8 Å². The average molecular weight is 353 g/mol. The number of fused-ring (bicyclic) bond motifs is 1. The Balaban J connectivity index is 1.78. The Morgan fingerprint density at radius 2 is 2.08 bits per heavy atom. The molecule has 0 aliphatic heterocycles. The van der Waals surface area contributed by atoms with Crippen molar-refractivity contribution < 1.29 is 9.50 Å². The first-order valence-electron chi connectivity index (χ1n) is 8.10. The van der Waals surface area contributed by atoms with Gasteiger partial charge in [0.15, 0.2) is 17.3 Å². The van der Waals surface area contributed by atoms with Crippen molar-refractivity contribution in [1.82, 2.24) is 34.1 Å². The summed E-state index contributed by atoms with van der Waals surface area (Å²) in [5.74, 6) is 0.603. The van der Waals surface area contributed by atoms with Crippen LogP contribution < -0.4 is 0 Å². The van der Waals surface area contributed by atoms with E-state index in [0.29, 0.717) is 30.3 Å². The van der Waals surface area contributed by atoms with Crippen LogP contribution in [-0.4, -0.2) is 45.8 Å². The first-order valence-corrected chi connectivity index (χ1v) is 8.10. The summed E-state index contributed by atoms with van der Waals surface area (Å²) in [6.45, 7) is 2.11. The third-order valence-corrected chi connectivity index (χ3v) is 4.05. The quantitative estimate of drug-likeness (QED) is 0.583. The third-order valence-electron chi connectivity index (χ3n) is 4.05. The Bertz CT molecular complexity index is 1070. The number of aliphatic hydroxyl groups excluding tert-OH is 1. The van der Waals surface area contributed by atoms with Gasteiger partial charge in [0.05, 0.1) is 12.2 Å². The minimum Gasteiger partial charge on any atom is -0.396 e. The van der Waals surface area contributed by atoms with E-state index in [2.05, 4.69) is 25.0 Å². The van der Waals surface area contributed by atoms with Crippen LogP contribution in [0.3, 0.4) is 0 Å². The normalized spacial score (nSPS) is 11.3. The molecule has 0 radical (unpaired) electrons. The highest BCUT2D eigenvalue weighted by Gasteiger charge is 2.17. The SMILES string of the molecule is Cc1nc2c(CCO)c(Cn3ccnc3-c3ncccc3F)ncn2n1. The monoisotopic (exact) mass is 353 g/mol. The van der Waals surface area contributed by atoms with E-state index in [4.69, 9.17) is 0 Å². The molecule has 0 aliphatic rings. The Morgan fingerprint density at radius 1 is 1.19 bits per heavy atom. The van der Waals surface area contributed by atoms with Crippen LogP contribution in [0.25, 0.3) is 17.2 Å². The standard InChI is InChI=1S/C17H16FN7O/c1-11-22-16-12(4-8-26)14(21-10-25(16)23-11)9-24-7-6-20-17(24)15-13(18)3-2-5-19-15/h2-3,5-7,10,26H,4,8-9H2,1H3. The lowest BCUT2D eigenvalue weighted by atomic mass is 10.1. The zero-order valence-electron chi connectivity index (χ0n) is 14.0. The summed E-state index contributed by atoms with van der Waals surface area (Å²) in [5, 5.41) is 13.7. The van der Waals surface area contributed by atoms with Gasteiger partial charge < -0.3 is 9.67 Å². The van der Waals surface area contributed by atoms with E-state index in [9.17, 15) is 9.50 Å². The second kappa shape index (κ2) is 6.60. The lowest BCUT2D eigenvalue weighted by Gasteiger charge is -2.11. The Kier molecular flexibility index (Phi) is 4.13. The van der Waals surface area contributed by atoms with Gasteiger partial charge in [-0.1, -0.05) is 0 Å². The molecule has 4 aromatic rings. The molecule has 0 spiro atoms. The minimum absolute atomic E-state index is 0.0358. The molecule has 0 bridgehead atoms. The number of nitrogens with zero attached hydrogens (tertiary/aromatic N) is 7. The molecule has 0 fully saturated rings. The van der Waals surface area contributed by atoms with Crippen molar-refractivity contribution in [3.63, 3.8) is 0 Å². The van der Waals surface area contributed by atoms with Crippen LogP contribution >= 0.6 is 0 Å². The molecule has 0 unspecified atom stereocenters. The molecule has 1 N–H and O–H groups in total. The lowest BCUT2D eigenvalue weighted by molar-refractivity contribution is 0.299. The summed E-state index contributed by atoms with van der Waals surface area (Å²) < 4.78 is 17.5. The molecular weight excluding hydrogens is 337 g/mol. The van der Waals surface area contributed by atoms with Gasteiger partial charge in [-0.05, 0) is 19.1 Å². The summed E-state index contributed by atoms with van der Waals surface area (Å²) in [6.07, 6.45) is 6.84. The summed E-state index contributed by atoms with van der Waals surface area (Å²) in [5.41, 5.74) is 2.36. The fourth-order valence-electron chi connectivity index (χ4n) is 2.92. The van der Waals surface area contributed by atoms with Crippen molar-refractivity contribution >= 4 is 5.65 Å². The summed E-state index contributed by atoms with van der Waals surface area (Å²) >= 11 is 0. The number of imidazole rings is 1. The number of aliphatic hydroxyl groups is 1. The largest absolute Gasteiger partial charge is 0.396 e. The first-order chi connectivity index (χ1) is 12.7. The van der Waals surface area contributed by atoms with Crippen molar-refractivity contribution in [2.24, 2.45) is 0 Å². The van der Waals surface area contributed by atoms with Crippen molar-refractivity contribution in [2.75, 3.05) is 6.61 Å². The van der Waals surface area contributed by atoms with Gasteiger partial charge in [0, 0.05) is 37.2 Å². The van der Waals surface area contributed by atoms with Crippen molar-refractivity contribution in [1.29, 1.82) is 0 Å². The van der Waals surface area contributed by atoms with Crippen LogP contribution in [0.5, 0.6) is 0 Å². The Morgan fingerprint density at radius 3 is 2.88 bits per heavy atom. The molecule has 4 heterocycles. The van der Waals surface area contributed by atoms with Crippen LogP contribution in [0.2, 0.25) is 0 Å². The van der Waals surface area contributed by atoms with Gasteiger partial charge in [-0.15, -0.1) is 0 Å². The highest BCUT2D eigenvalue weighted by Crippen LogP contribution is 2.21. The van der Waals surface area contributed by atoms with Gasteiger partial charge in [0.1, 0.15) is 17.8 Å². The molecule has 0 aliphatic carbocycles. The zero-order valence-corrected chi connectivity index (χ0v) is 14.0. The summed E-state index contributed by atoms with van der Waals surface area (Å²) in [4.78, 5) is 17.2. The smallest absolute Gasteiger partial charge is 0.162 e. The molecule has 4 rings (SSSR count). The third kappa shape index (κ3) is 2.82. The van der Waals surface area contributed by atoms with Gasteiger partial charge in [-0.3, -0.25) is 0 Å². The Labute approximate surface area is 148 Å². The topological polar surface area (TPSA) is 94.0 Å². The summed E-state index contributed by atoms with van der Waals surface area (Å²) in [7, 11) is 0. The molecule has 4 aromatic heterocycles. The fraction of sp³-hybridized carbons (Fsp3) is 0.235. The maximum Gasteiger partial charge on any atom is 0.162 e. The maximum absolute atomic E-state index is 14.1. The van der Waals surface area contributed by atoms with Gasteiger partial charge in [0.25, 0.3) is 0 Å². The minimum atomic E-state index is -0.438. The van der Waals surface area contributed by atoms with Crippen LogP contribution in [0, 0.1) is 12.7 Å². The van der Waals surface area contributed by atoms with Crippen molar-refractivity contribution in [2.45, 2.75) is 19.9 Å². The molecule has 26 heavy (non-hydrogen) atoms. The van der Waals surface area contributed by atoms with E-state index < -0.39 is 5.82 Å². The number of hydrogen-bond donors (Lipinski definition) is 1. The molecule has 0 atom stereocenters. The number of hydrogen-bond acceptors (Lipinski definition) is 6. The highest BCUT2D eigenvalue weighted by atomic mass is 19.1. The molecule has 0 saturated carbocycles. The van der Waals surface area contributed by atoms with E-state index in [1.165, 1.54) is 18.3 Å². The van der Waals surface area contributed by atoms with Gasteiger partial charge in [0.2, 0.25) is 0 Å². The number of rotatable bonds is 5. The maximum atomic E-state index is 14.1. The molecule has 132 valence electrons. The second-order valence-electron chi connectivity index (χ2n) is 5.78. The van der Waals surface area contributed by atoms with Gasteiger partial charge in [-0.2, -0.15) is 5.10 Å². The molecule has 8 nitrogen and oxygen atoms in total. The summed E-state index contributed by atoms with van der Waals surface area (Å²) in [6, 6.07) is 2.89. The first kappa shape index (κ1) is 16.3. The van der Waals surface area contributed by atoms with E-state index in [1.807, 2.05) is 0 Å². The number of halogens is 1. The molecule has 0 amide bonds. The van der Waals surface area contributed by atoms with E-state index in [1.54, 1.807) is 34.7 Å². The van der Waals surface area contributed by atoms with Crippen LogP contribution in [-0.2, 0) is 13.0 Å². The lowest BCUT2D eigenvalue weighted by Crippen LogP contribution is -2.11. The number of pyridine rings is 1. The van der Waals surface area contributed by atoms with E-state index in [-0.39, 0.29) is 12.3 Å². The molecule has 0 saturated heterocycles. The Hall–Kier alpha value is -3.20. The van der Waals surface area contributed by atoms with Crippen LogP contribution in [0.1, 0.15) is 17.1 Å². The average Bonchev–Trinajstić information content (AvgIpc) is 3.23. The fourth-order valence-corrected chi connectivity index (χ4v) is 2.92. The van der Waals surface area contributed by atoms with E-state index in [0.717, 1.165) is 11.3 Å². The van der Waals surface area contributed by atoms with Crippen molar-refractivity contribution in [3.8, 4) is 11.5 Å². The highest BCUT2D eigenvalue weighted by molar-refractivity contribution is 5.52. The number of aromatic nitrogens is 7. The predicted octanol–water partition coefficient (Wildman–Crippen LogP) is 1.41. The van der Waals surface area contributed by atoms with E-state index >= 15 is 0 Å². The number of aryl methyl sites for hydroxylation is 1. The van der Waals surface area contributed by atoms with Crippen molar-refractivity contribution in [3.05, 3.63) is 59.9 Å². The molecule has 9 heteroatoms. The van der Waals surface area contributed by atoms with Crippen LogP contribution in [0.4, 0.5) is 4.39 Å². The molecular formula is C17H16FN7O. The second-order valence-corrected chi connectivity index (χ2v) is 5.78. The zero-order chi connectivity index (χ0) is 18.1.